The van der Waals surface area contributed by atoms with Crippen molar-refractivity contribution in [2.45, 2.75) is 17.2 Å². The molecule has 2 rings (SSSR count). The van der Waals surface area contributed by atoms with E-state index in [1.165, 1.54) is 16.4 Å². The summed E-state index contributed by atoms with van der Waals surface area (Å²) in [4.78, 5) is 10.8. The molecule has 0 bridgehead atoms. The molecule has 1 aliphatic rings. The van der Waals surface area contributed by atoms with Crippen LogP contribution in [0.3, 0.4) is 0 Å². The second-order valence-electron chi connectivity index (χ2n) is 3.96. The molecular weight excluding hydrogens is 294 g/mol. The Balaban J connectivity index is 2.31. The number of carboxylic acids is 1. The van der Waals surface area contributed by atoms with Crippen LogP contribution in [-0.4, -0.2) is 47.9 Å². The molecule has 2 heterocycles. The van der Waals surface area contributed by atoms with Crippen molar-refractivity contribution in [3.05, 3.63) is 17.0 Å². The summed E-state index contributed by atoms with van der Waals surface area (Å²) in [6.45, 7) is 2.35. The molecule has 1 atom stereocenters. The molecule has 8 heteroatoms. The number of hydrogen-bond acceptors (Lipinski definition) is 5. The van der Waals surface area contributed by atoms with Crippen LogP contribution >= 0.6 is 23.1 Å². The first-order valence-electron chi connectivity index (χ1n) is 5.35. The van der Waals surface area contributed by atoms with Crippen LogP contribution in [0.5, 0.6) is 0 Å². The predicted octanol–water partition coefficient (Wildman–Crippen LogP) is 1.57. The fourth-order valence-electron chi connectivity index (χ4n) is 1.76. The first-order chi connectivity index (χ1) is 8.43. The maximum Gasteiger partial charge on any atom is 0.345 e. The maximum atomic E-state index is 12.4. The normalized spacial score (nSPS) is 21.9. The third-order valence-electron chi connectivity index (χ3n) is 2.66. The number of thioether (sulfide) groups is 1. The van der Waals surface area contributed by atoms with Crippen LogP contribution in [0, 0.1) is 0 Å². The van der Waals surface area contributed by atoms with E-state index in [1.54, 1.807) is 11.8 Å². The summed E-state index contributed by atoms with van der Waals surface area (Å²) in [6.07, 6.45) is 0. The van der Waals surface area contributed by atoms with Crippen molar-refractivity contribution < 1.29 is 18.3 Å². The summed E-state index contributed by atoms with van der Waals surface area (Å²) in [7, 11) is -3.55. The summed E-state index contributed by atoms with van der Waals surface area (Å²) in [6, 6.07) is 2.66. The lowest BCUT2D eigenvalue weighted by Crippen LogP contribution is -2.44. The molecular formula is C10H13NO4S3. The van der Waals surface area contributed by atoms with E-state index in [2.05, 4.69) is 0 Å². The van der Waals surface area contributed by atoms with E-state index in [0.717, 1.165) is 22.8 Å². The van der Waals surface area contributed by atoms with Crippen molar-refractivity contribution in [2.24, 2.45) is 0 Å². The fraction of sp³-hybridized carbons (Fsp3) is 0.500. The molecule has 18 heavy (non-hydrogen) atoms. The molecule has 0 amide bonds. The van der Waals surface area contributed by atoms with Crippen molar-refractivity contribution >= 4 is 39.1 Å². The Morgan fingerprint density at radius 3 is 2.78 bits per heavy atom. The fourth-order valence-corrected chi connectivity index (χ4v) is 5.89. The Morgan fingerprint density at radius 2 is 2.22 bits per heavy atom. The SMILES string of the molecule is CC1CSCCN1S(=O)(=O)c1ccc(C(=O)O)s1. The predicted molar refractivity (Wildman–Crippen MR) is 72.0 cm³/mol. The summed E-state index contributed by atoms with van der Waals surface area (Å²) in [5, 5.41) is 8.82. The van der Waals surface area contributed by atoms with Crippen LogP contribution in [0.2, 0.25) is 0 Å². The first-order valence-corrected chi connectivity index (χ1v) is 8.77. The second kappa shape index (κ2) is 5.20. The number of thiophene rings is 1. The highest BCUT2D eigenvalue weighted by molar-refractivity contribution is 7.99. The lowest BCUT2D eigenvalue weighted by Gasteiger charge is -2.31. The van der Waals surface area contributed by atoms with E-state index in [-0.39, 0.29) is 15.1 Å². The van der Waals surface area contributed by atoms with Crippen molar-refractivity contribution in [3.8, 4) is 0 Å². The minimum absolute atomic E-state index is 0.0487. The van der Waals surface area contributed by atoms with Crippen molar-refractivity contribution in [2.75, 3.05) is 18.1 Å². The molecule has 1 unspecified atom stereocenters. The van der Waals surface area contributed by atoms with Gasteiger partial charge in [0.1, 0.15) is 9.09 Å². The van der Waals surface area contributed by atoms with Crippen molar-refractivity contribution in [3.63, 3.8) is 0 Å². The van der Waals surface area contributed by atoms with Gasteiger partial charge < -0.3 is 5.11 Å². The zero-order valence-electron chi connectivity index (χ0n) is 9.70. The van der Waals surface area contributed by atoms with Crippen molar-refractivity contribution in [1.29, 1.82) is 0 Å². The zero-order valence-corrected chi connectivity index (χ0v) is 12.1. The number of carboxylic acid groups (broad SMARTS) is 1. The smallest absolute Gasteiger partial charge is 0.345 e. The van der Waals surface area contributed by atoms with Crippen LogP contribution in [-0.2, 0) is 10.0 Å². The van der Waals surface area contributed by atoms with Gasteiger partial charge in [-0.15, -0.1) is 11.3 Å². The molecule has 1 N–H and O–H groups in total. The zero-order chi connectivity index (χ0) is 13.3. The Hall–Kier alpha value is -0.570. The number of rotatable bonds is 3. The Morgan fingerprint density at radius 1 is 1.50 bits per heavy atom. The van der Waals surface area contributed by atoms with Gasteiger partial charge in [-0.2, -0.15) is 16.1 Å². The molecule has 1 aromatic rings. The molecule has 1 aliphatic heterocycles. The summed E-state index contributed by atoms with van der Waals surface area (Å²) < 4.78 is 26.3. The maximum absolute atomic E-state index is 12.4. The van der Waals surface area contributed by atoms with Gasteiger partial charge in [0.2, 0.25) is 0 Å². The van der Waals surface area contributed by atoms with Gasteiger partial charge in [-0.3, -0.25) is 0 Å². The Kier molecular flexibility index (Phi) is 4.00. The molecule has 5 nitrogen and oxygen atoms in total. The van der Waals surface area contributed by atoms with Gasteiger partial charge in [0.05, 0.1) is 0 Å². The van der Waals surface area contributed by atoms with E-state index >= 15 is 0 Å². The van der Waals surface area contributed by atoms with Gasteiger partial charge >= 0.3 is 5.97 Å². The minimum atomic E-state index is -3.55. The molecule has 1 fully saturated rings. The molecule has 100 valence electrons. The average molecular weight is 307 g/mol. The summed E-state index contributed by atoms with van der Waals surface area (Å²) in [5.41, 5.74) is 0. The largest absolute Gasteiger partial charge is 0.477 e. The van der Waals surface area contributed by atoms with Crippen LogP contribution < -0.4 is 0 Å². The highest BCUT2D eigenvalue weighted by atomic mass is 32.2. The molecule has 0 aromatic carbocycles. The molecule has 0 saturated carbocycles. The van der Waals surface area contributed by atoms with Crippen LogP contribution in [0.15, 0.2) is 16.3 Å². The quantitative estimate of drug-likeness (QED) is 0.917. The van der Waals surface area contributed by atoms with E-state index < -0.39 is 16.0 Å². The highest BCUT2D eigenvalue weighted by Gasteiger charge is 2.32. The van der Waals surface area contributed by atoms with Gasteiger partial charge in [0.25, 0.3) is 10.0 Å². The number of carbonyl (C=O) groups is 1. The molecule has 0 spiro atoms. The third kappa shape index (κ3) is 2.56. The number of sulfonamides is 1. The van der Waals surface area contributed by atoms with Crippen LogP contribution in [0.4, 0.5) is 0 Å². The van der Waals surface area contributed by atoms with Gasteiger partial charge in [-0.25, -0.2) is 13.2 Å². The third-order valence-corrected chi connectivity index (χ3v) is 7.41. The lowest BCUT2D eigenvalue weighted by molar-refractivity contribution is 0.0702. The number of hydrogen-bond donors (Lipinski definition) is 1. The number of aromatic carboxylic acids is 1. The van der Waals surface area contributed by atoms with Gasteiger partial charge in [0.15, 0.2) is 0 Å². The van der Waals surface area contributed by atoms with Gasteiger partial charge in [-0.1, -0.05) is 0 Å². The van der Waals surface area contributed by atoms with E-state index in [0.29, 0.717) is 6.54 Å². The monoisotopic (exact) mass is 307 g/mol. The summed E-state index contributed by atoms with van der Waals surface area (Å²) >= 11 is 2.54. The average Bonchev–Trinajstić information content (AvgIpc) is 2.79. The molecule has 0 radical (unpaired) electrons. The summed E-state index contributed by atoms with van der Waals surface area (Å²) in [5.74, 6) is 0.459. The van der Waals surface area contributed by atoms with Crippen molar-refractivity contribution in [1.82, 2.24) is 4.31 Å². The minimum Gasteiger partial charge on any atom is -0.477 e. The highest BCUT2D eigenvalue weighted by Crippen LogP contribution is 2.29. The lowest BCUT2D eigenvalue weighted by atomic mass is 10.4. The molecule has 1 saturated heterocycles. The van der Waals surface area contributed by atoms with E-state index in [1.807, 2.05) is 6.92 Å². The topological polar surface area (TPSA) is 74.7 Å². The Labute approximate surface area is 114 Å². The van der Waals surface area contributed by atoms with Gasteiger partial charge in [0, 0.05) is 24.1 Å². The molecule has 1 aromatic heterocycles. The number of nitrogens with zero attached hydrogens (tertiary/aromatic N) is 1. The molecule has 0 aliphatic carbocycles. The van der Waals surface area contributed by atoms with Crippen LogP contribution in [0.1, 0.15) is 16.6 Å². The van der Waals surface area contributed by atoms with E-state index in [4.69, 9.17) is 5.11 Å². The first kappa shape index (κ1) is 13.9. The Bertz CT molecular complexity index is 551. The standard InChI is InChI=1S/C10H13NO4S3/c1-7-6-16-5-4-11(7)18(14,15)9-3-2-8(17-9)10(12)13/h2-3,7H,4-6H2,1H3,(H,12,13). The van der Waals surface area contributed by atoms with Gasteiger partial charge in [-0.05, 0) is 19.1 Å². The second-order valence-corrected chi connectivity index (χ2v) is 8.31. The van der Waals surface area contributed by atoms with Crippen LogP contribution in [0.25, 0.3) is 0 Å². The van der Waals surface area contributed by atoms with E-state index in [9.17, 15) is 13.2 Å².